The van der Waals surface area contributed by atoms with Crippen LogP contribution < -0.4 is 0 Å². The monoisotopic (exact) mass is 765 g/mol. The van der Waals surface area contributed by atoms with Crippen LogP contribution in [0.5, 0.6) is 0 Å². The molecule has 6 nitrogen and oxygen atoms in total. The van der Waals surface area contributed by atoms with Gasteiger partial charge < -0.3 is 4.42 Å². The molecule has 57 heavy (non-hydrogen) atoms. The second kappa shape index (κ2) is 12.7. The highest BCUT2D eigenvalue weighted by molar-refractivity contribution is 7.26. The van der Waals surface area contributed by atoms with Gasteiger partial charge in [-0.05, 0) is 42.5 Å². The van der Waals surface area contributed by atoms with Gasteiger partial charge in [0.05, 0.1) is 15.9 Å². The van der Waals surface area contributed by atoms with E-state index in [-0.39, 0.29) is 0 Å². The summed E-state index contributed by atoms with van der Waals surface area (Å²) in [5, 5.41) is 5.41. The summed E-state index contributed by atoms with van der Waals surface area (Å²) in [4.78, 5) is 26.1. The molecule has 0 fully saturated rings. The lowest BCUT2D eigenvalue weighted by molar-refractivity contribution is 0.669. The van der Waals surface area contributed by atoms with Crippen LogP contribution in [0.15, 0.2) is 168 Å². The Hall–Kier alpha value is -7.13. The van der Waals surface area contributed by atoms with E-state index in [1.54, 1.807) is 22.7 Å². The quantitative estimate of drug-likeness (QED) is 0.174. The van der Waals surface area contributed by atoms with Crippen molar-refractivity contribution < 1.29 is 4.42 Å². The number of fused-ring (bicyclic) bond motifs is 9. The van der Waals surface area contributed by atoms with Crippen molar-refractivity contribution in [2.75, 3.05) is 0 Å². The van der Waals surface area contributed by atoms with Crippen molar-refractivity contribution in [3.05, 3.63) is 164 Å². The Morgan fingerprint density at radius 3 is 1.67 bits per heavy atom. The van der Waals surface area contributed by atoms with Gasteiger partial charge in [0.15, 0.2) is 23.3 Å². The van der Waals surface area contributed by atoms with Crippen molar-refractivity contribution in [1.82, 2.24) is 24.9 Å². The van der Waals surface area contributed by atoms with E-state index in [0.29, 0.717) is 23.3 Å². The molecule has 0 spiro atoms. The maximum atomic E-state index is 6.66. The normalized spacial score (nSPS) is 11.9. The number of hydrogen-bond donors (Lipinski definition) is 0. The van der Waals surface area contributed by atoms with Crippen LogP contribution in [-0.2, 0) is 0 Å². The predicted molar refractivity (Wildman–Crippen MR) is 236 cm³/mol. The van der Waals surface area contributed by atoms with Gasteiger partial charge >= 0.3 is 0 Å². The lowest BCUT2D eigenvalue weighted by atomic mass is 9.99. The van der Waals surface area contributed by atoms with Gasteiger partial charge in [-0.15, -0.1) is 22.7 Å². The summed E-state index contributed by atoms with van der Waals surface area (Å²) in [5.41, 5.74) is 7.92. The molecule has 8 heteroatoms. The van der Waals surface area contributed by atoms with E-state index in [9.17, 15) is 0 Å². The van der Waals surface area contributed by atoms with Gasteiger partial charge in [-0.1, -0.05) is 121 Å². The zero-order chi connectivity index (χ0) is 37.5. The number of aromatic nitrogens is 5. The van der Waals surface area contributed by atoms with E-state index >= 15 is 0 Å². The minimum absolute atomic E-state index is 0.567. The van der Waals surface area contributed by atoms with Gasteiger partial charge in [-0.2, -0.15) is 0 Å². The molecule has 0 N–H and O–H groups in total. The number of nitrogens with zero attached hydrogens (tertiary/aromatic N) is 5. The molecular weight excluding hydrogens is 739 g/mol. The van der Waals surface area contributed by atoms with Crippen molar-refractivity contribution in [2.24, 2.45) is 0 Å². The topological polar surface area (TPSA) is 77.6 Å². The largest absolute Gasteiger partial charge is 0.456 e. The molecule has 0 aliphatic rings. The Morgan fingerprint density at radius 2 is 0.930 bits per heavy atom. The van der Waals surface area contributed by atoms with Gasteiger partial charge in [0.2, 0.25) is 0 Å². The van der Waals surface area contributed by atoms with E-state index in [0.717, 1.165) is 75.8 Å². The Kier molecular flexibility index (Phi) is 7.17. The number of rotatable bonds is 5. The molecule has 0 atom stereocenters. The zero-order valence-corrected chi connectivity index (χ0v) is 31.7. The highest BCUT2D eigenvalue weighted by Gasteiger charge is 2.23. The first-order valence-electron chi connectivity index (χ1n) is 18.7. The third-order valence-electron chi connectivity index (χ3n) is 10.6. The molecule has 0 radical (unpaired) electrons. The first kappa shape index (κ1) is 32.1. The second-order valence-corrected chi connectivity index (χ2v) is 16.1. The lowest BCUT2D eigenvalue weighted by Gasteiger charge is -2.11. The summed E-state index contributed by atoms with van der Waals surface area (Å²) in [7, 11) is 0. The summed E-state index contributed by atoms with van der Waals surface area (Å²) < 4.78 is 11.3. The van der Waals surface area contributed by atoms with Crippen LogP contribution in [0.3, 0.4) is 0 Å². The molecule has 5 aromatic heterocycles. The maximum Gasteiger partial charge on any atom is 0.164 e. The van der Waals surface area contributed by atoms with Gasteiger partial charge in [0, 0.05) is 68.8 Å². The third-order valence-corrected chi connectivity index (χ3v) is 12.9. The fourth-order valence-electron chi connectivity index (χ4n) is 7.95. The van der Waals surface area contributed by atoms with E-state index in [2.05, 4.69) is 91.0 Å². The van der Waals surface area contributed by atoms with Crippen molar-refractivity contribution in [3.63, 3.8) is 0 Å². The Labute approximate surface area is 333 Å². The summed E-state index contributed by atoms with van der Waals surface area (Å²) >= 11 is 3.52. The fraction of sp³-hybridized carbons (Fsp3) is 0. The van der Waals surface area contributed by atoms with Crippen LogP contribution in [0.2, 0.25) is 0 Å². The molecule has 12 aromatic rings. The van der Waals surface area contributed by atoms with Crippen LogP contribution >= 0.6 is 22.7 Å². The number of benzene rings is 7. The molecule has 0 saturated carbocycles. The molecule has 0 saturated heterocycles. The summed E-state index contributed by atoms with van der Waals surface area (Å²) in [6.45, 7) is 0. The molecule has 0 aliphatic carbocycles. The minimum Gasteiger partial charge on any atom is -0.456 e. The van der Waals surface area contributed by atoms with Crippen LogP contribution in [0.25, 0.3) is 119 Å². The molecule has 0 unspecified atom stereocenters. The van der Waals surface area contributed by atoms with Crippen molar-refractivity contribution in [1.29, 1.82) is 0 Å². The maximum absolute atomic E-state index is 6.66. The smallest absolute Gasteiger partial charge is 0.164 e. The lowest BCUT2D eigenvalue weighted by Crippen LogP contribution is -2.00. The van der Waals surface area contributed by atoms with Crippen molar-refractivity contribution in [2.45, 2.75) is 0 Å². The molecule has 7 aromatic carbocycles. The SMILES string of the molecule is c1ccc(-c2nc(-c3ccc4sc5ccccc5c4c3)nc(-c3cccc4oc5cccc(-c6nc(-c7ccccc7)nc7c6sc6ccccc67)c5c34)n2)cc1. The highest BCUT2D eigenvalue weighted by atomic mass is 32.1. The number of furan rings is 1. The van der Waals surface area contributed by atoms with Gasteiger partial charge in [0.1, 0.15) is 11.2 Å². The Balaban J connectivity index is 1.13. The van der Waals surface area contributed by atoms with Crippen LogP contribution in [0.1, 0.15) is 0 Å². The Morgan fingerprint density at radius 1 is 0.368 bits per heavy atom. The third kappa shape index (κ3) is 5.19. The van der Waals surface area contributed by atoms with Gasteiger partial charge in [0.25, 0.3) is 0 Å². The second-order valence-electron chi connectivity index (χ2n) is 14.0. The van der Waals surface area contributed by atoms with E-state index < -0.39 is 0 Å². The van der Waals surface area contributed by atoms with Crippen LogP contribution in [-0.4, -0.2) is 24.9 Å². The van der Waals surface area contributed by atoms with Crippen LogP contribution in [0.4, 0.5) is 0 Å². The standard InChI is InChI=1S/C49H27N5OS2/c1-3-13-28(14-4-1)46-50-43-32-18-8-10-24-39(32)57-45(43)44(51-46)33-19-11-21-36-41(33)42-34(20-12-22-37(42)55-36)49-53-47(29-15-5-2-6-16-29)52-48(54-49)30-25-26-40-35(27-30)31-17-7-9-23-38(31)56-40/h1-27H. The predicted octanol–water partition coefficient (Wildman–Crippen LogP) is 13.6. The van der Waals surface area contributed by atoms with Crippen molar-refractivity contribution in [3.8, 4) is 56.8 Å². The first-order chi connectivity index (χ1) is 28.2. The van der Waals surface area contributed by atoms with E-state index in [4.69, 9.17) is 29.3 Å². The summed E-state index contributed by atoms with van der Waals surface area (Å²) in [5.74, 6) is 2.45. The molecule has 266 valence electrons. The summed E-state index contributed by atoms with van der Waals surface area (Å²) in [6, 6.07) is 56.1. The van der Waals surface area contributed by atoms with E-state index in [1.807, 2.05) is 72.8 Å². The van der Waals surface area contributed by atoms with Gasteiger partial charge in [-0.25, -0.2) is 24.9 Å². The van der Waals surface area contributed by atoms with Crippen LogP contribution in [0, 0.1) is 0 Å². The minimum atomic E-state index is 0.567. The molecular formula is C49H27N5OS2. The van der Waals surface area contributed by atoms with Crippen molar-refractivity contribution >= 4 is 85.1 Å². The highest BCUT2D eigenvalue weighted by Crippen LogP contribution is 2.45. The zero-order valence-electron chi connectivity index (χ0n) is 30.0. The number of thiophene rings is 2. The van der Waals surface area contributed by atoms with E-state index in [1.165, 1.54) is 20.2 Å². The fourth-order valence-corrected chi connectivity index (χ4v) is 10.2. The molecule has 0 aliphatic heterocycles. The first-order valence-corrected chi connectivity index (χ1v) is 20.3. The molecule has 12 rings (SSSR count). The number of hydrogen-bond acceptors (Lipinski definition) is 8. The Bertz CT molecular complexity index is 3540. The average Bonchev–Trinajstić information content (AvgIpc) is 3.98. The molecule has 5 heterocycles. The molecule has 0 amide bonds. The molecule has 0 bridgehead atoms. The van der Waals surface area contributed by atoms with Gasteiger partial charge in [-0.3, -0.25) is 0 Å². The summed E-state index contributed by atoms with van der Waals surface area (Å²) in [6.07, 6.45) is 0. The average molecular weight is 766 g/mol.